The summed E-state index contributed by atoms with van der Waals surface area (Å²) in [6.07, 6.45) is 17.8. The Balaban J connectivity index is 0.00000464. The van der Waals surface area contributed by atoms with Crippen LogP contribution in [-0.2, 0) is 19.1 Å². The molecule has 1 fully saturated rings. The van der Waals surface area contributed by atoms with E-state index >= 15 is 0 Å². The number of carbonyl (C=O) groups is 3. The highest BCUT2D eigenvalue weighted by Gasteiger charge is 2.42. The average molecular weight is 648 g/mol. The number of hydrogen-bond acceptors (Lipinski definition) is 8. The number of carbonyl (C=O) groups excluding carboxylic acids is 3. The standard InChI is InChI=1S/C33H55N3O4S.C2H2.CH4O/c1-22-12-11-13-23(2)18-25(4)32(39)33(6,7)29(40-31(38)14-9-8-10-17-34)20-30(37)36-28(16-15-22)24(3)19-27-21-41-26(5)35-27;2*1-2/h19,21-23,25,28-29H,8-18,20,34H2,1-7H3,(H,36,37);1-2H;2H,1H3/b24-19+;;/t22?,23-,25+,28-,29-;;/m0../s1. The molecule has 1 amide bonds. The molecule has 9 heteroatoms. The molecule has 256 valence electrons. The number of thiazole rings is 1. The number of terminal acetylenes is 1. The minimum absolute atomic E-state index is 0.0464. The first-order chi connectivity index (χ1) is 21.3. The van der Waals surface area contributed by atoms with Crippen LogP contribution in [0.15, 0.2) is 11.0 Å². The summed E-state index contributed by atoms with van der Waals surface area (Å²) in [7, 11) is 1.00. The maximum atomic E-state index is 13.8. The Kier molecular flexibility index (Phi) is 21.6. The van der Waals surface area contributed by atoms with Crippen LogP contribution in [0.3, 0.4) is 0 Å². The number of nitrogens with zero attached hydrogens (tertiary/aromatic N) is 1. The normalized spacial score (nSPS) is 25.1. The summed E-state index contributed by atoms with van der Waals surface area (Å²) in [5.41, 5.74) is 6.54. The lowest BCUT2D eigenvalue weighted by Crippen LogP contribution is -2.47. The van der Waals surface area contributed by atoms with E-state index in [1.807, 2.05) is 46.1 Å². The first kappa shape index (κ1) is 42.5. The predicted octanol–water partition coefficient (Wildman–Crippen LogP) is 6.88. The lowest BCUT2D eigenvalue weighted by atomic mass is 9.73. The molecule has 0 aromatic carbocycles. The van der Waals surface area contributed by atoms with E-state index in [0.29, 0.717) is 24.8 Å². The van der Waals surface area contributed by atoms with Gasteiger partial charge in [0.05, 0.1) is 28.6 Å². The molecule has 1 unspecified atom stereocenters. The maximum Gasteiger partial charge on any atom is 0.306 e. The number of aryl methyl sites for hydroxylation is 1. The van der Waals surface area contributed by atoms with Crippen LogP contribution in [-0.4, -0.2) is 53.6 Å². The summed E-state index contributed by atoms with van der Waals surface area (Å²) in [5.74, 6) is 0.256. The number of ketones is 1. The van der Waals surface area contributed by atoms with E-state index in [4.69, 9.17) is 15.6 Å². The third-order valence-electron chi connectivity index (χ3n) is 8.61. The SMILES string of the molecule is C#C.C/C(=C\c1csc(C)n1)[C@@H]1CCC(C)CCC[C@H](C)C[C@@H](C)C(=O)C(C)(C)[C@@H](OC(=O)CCCCCN)CC(=O)N1.CO. The van der Waals surface area contributed by atoms with Crippen molar-refractivity contribution in [2.24, 2.45) is 28.9 Å². The smallest absolute Gasteiger partial charge is 0.306 e. The number of nitrogens with two attached hydrogens (primary N) is 1. The largest absolute Gasteiger partial charge is 0.461 e. The van der Waals surface area contributed by atoms with Gasteiger partial charge in [0.25, 0.3) is 0 Å². The van der Waals surface area contributed by atoms with Crippen molar-refractivity contribution in [2.45, 2.75) is 131 Å². The Morgan fingerprint density at radius 2 is 1.76 bits per heavy atom. The Hall–Kier alpha value is -2.54. The molecular weight excluding hydrogens is 586 g/mol. The number of aliphatic hydroxyl groups excluding tert-OH is 1. The van der Waals surface area contributed by atoms with E-state index in [1.54, 1.807) is 11.3 Å². The molecule has 1 aromatic rings. The van der Waals surface area contributed by atoms with Gasteiger partial charge in [0.1, 0.15) is 11.9 Å². The monoisotopic (exact) mass is 647 g/mol. The van der Waals surface area contributed by atoms with Gasteiger partial charge in [-0.05, 0) is 89.8 Å². The van der Waals surface area contributed by atoms with E-state index in [-0.39, 0.29) is 42.5 Å². The molecule has 1 saturated heterocycles. The zero-order chi connectivity index (χ0) is 34.6. The van der Waals surface area contributed by atoms with E-state index in [1.165, 1.54) is 0 Å². The van der Waals surface area contributed by atoms with Crippen molar-refractivity contribution in [3.8, 4) is 12.8 Å². The number of aromatic nitrogens is 1. The molecular formula is C36H61N3O5S. The van der Waals surface area contributed by atoms with Gasteiger partial charge < -0.3 is 20.9 Å². The number of nitrogens with one attached hydrogen (secondary N) is 1. The van der Waals surface area contributed by atoms with E-state index in [9.17, 15) is 14.4 Å². The fourth-order valence-corrected chi connectivity index (χ4v) is 6.47. The van der Waals surface area contributed by atoms with Gasteiger partial charge in [-0.3, -0.25) is 14.4 Å². The highest BCUT2D eigenvalue weighted by molar-refractivity contribution is 7.09. The van der Waals surface area contributed by atoms with Crippen LogP contribution in [0, 0.1) is 42.9 Å². The zero-order valence-electron chi connectivity index (χ0n) is 29.2. The molecule has 8 nitrogen and oxygen atoms in total. The molecule has 4 N–H and O–H groups in total. The van der Waals surface area contributed by atoms with Gasteiger partial charge >= 0.3 is 5.97 Å². The summed E-state index contributed by atoms with van der Waals surface area (Å²) in [5, 5.41) is 13.3. The molecule has 0 spiro atoms. The second-order valence-corrected chi connectivity index (χ2v) is 14.1. The molecule has 0 saturated carbocycles. The number of unbranched alkanes of at least 4 members (excludes halogenated alkanes) is 2. The van der Waals surface area contributed by atoms with Crippen molar-refractivity contribution in [3.05, 3.63) is 21.7 Å². The lowest BCUT2D eigenvalue weighted by molar-refractivity contribution is -0.161. The van der Waals surface area contributed by atoms with Crippen LogP contribution < -0.4 is 11.1 Å². The molecule has 0 aliphatic carbocycles. The average Bonchev–Trinajstić information content (AvgIpc) is 3.42. The van der Waals surface area contributed by atoms with Crippen molar-refractivity contribution in [1.82, 2.24) is 10.3 Å². The van der Waals surface area contributed by atoms with E-state index in [2.05, 4.69) is 37.0 Å². The summed E-state index contributed by atoms with van der Waals surface area (Å²) in [6.45, 7) is 14.8. The van der Waals surface area contributed by atoms with Gasteiger partial charge in [0, 0.05) is 24.8 Å². The third kappa shape index (κ3) is 16.0. The number of esters is 1. The summed E-state index contributed by atoms with van der Waals surface area (Å²) >= 11 is 1.61. The topological polar surface area (TPSA) is 132 Å². The van der Waals surface area contributed by atoms with Crippen LogP contribution >= 0.6 is 11.3 Å². The number of Topliss-reactive ketones (excluding diaryl/α,β-unsaturated/α-hetero) is 1. The Bertz CT molecular complexity index is 1060. The van der Waals surface area contributed by atoms with Crippen LogP contribution in [0.2, 0.25) is 0 Å². The Morgan fingerprint density at radius 1 is 1.11 bits per heavy atom. The highest BCUT2D eigenvalue weighted by Crippen LogP contribution is 2.34. The zero-order valence-corrected chi connectivity index (χ0v) is 30.0. The number of aliphatic hydroxyl groups is 1. The van der Waals surface area contributed by atoms with Gasteiger partial charge in [-0.15, -0.1) is 24.2 Å². The molecule has 1 aromatic heterocycles. The Labute approximate surface area is 277 Å². The molecule has 2 rings (SSSR count). The second kappa shape index (κ2) is 22.9. The fourth-order valence-electron chi connectivity index (χ4n) is 5.90. The summed E-state index contributed by atoms with van der Waals surface area (Å²) in [6, 6.07) is -0.163. The second-order valence-electron chi connectivity index (χ2n) is 13.0. The van der Waals surface area contributed by atoms with Crippen LogP contribution in [0.4, 0.5) is 0 Å². The highest BCUT2D eigenvalue weighted by atomic mass is 32.1. The van der Waals surface area contributed by atoms with E-state index < -0.39 is 11.5 Å². The molecule has 2 heterocycles. The van der Waals surface area contributed by atoms with Gasteiger partial charge in [-0.1, -0.05) is 46.5 Å². The summed E-state index contributed by atoms with van der Waals surface area (Å²) < 4.78 is 5.94. The first-order valence-electron chi connectivity index (χ1n) is 16.4. The quantitative estimate of drug-likeness (QED) is 0.159. The summed E-state index contributed by atoms with van der Waals surface area (Å²) in [4.78, 5) is 44.8. The maximum absolute atomic E-state index is 13.8. The van der Waals surface area contributed by atoms with Gasteiger partial charge in [-0.2, -0.15) is 0 Å². The van der Waals surface area contributed by atoms with Gasteiger partial charge in [0.15, 0.2) is 0 Å². The van der Waals surface area contributed by atoms with Gasteiger partial charge in [-0.25, -0.2) is 4.98 Å². The van der Waals surface area contributed by atoms with Gasteiger partial charge in [0.2, 0.25) is 5.91 Å². The van der Waals surface area contributed by atoms with Crippen molar-refractivity contribution >= 4 is 35.1 Å². The molecule has 0 radical (unpaired) electrons. The number of hydrogen-bond donors (Lipinski definition) is 3. The fraction of sp³-hybridized carbons (Fsp3) is 0.722. The minimum Gasteiger partial charge on any atom is -0.461 e. The molecule has 1 aliphatic rings. The molecule has 0 bridgehead atoms. The number of amides is 1. The van der Waals surface area contributed by atoms with Crippen LogP contribution in [0.25, 0.3) is 6.08 Å². The van der Waals surface area contributed by atoms with Crippen molar-refractivity contribution in [2.75, 3.05) is 13.7 Å². The van der Waals surface area contributed by atoms with E-state index in [0.717, 1.165) is 74.8 Å². The third-order valence-corrected chi connectivity index (χ3v) is 9.40. The first-order valence-corrected chi connectivity index (χ1v) is 17.3. The molecule has 45 heavy (non-hydrogen) atoms. The van der Waals surface area contributed by atoms with Crippen LogP contribution in [0.5, 0.6) is 0 Å². The van der Waals surface area contributed by atoms with Crippen LogP contribution in [0.1, 0.15) is 123 Å². The molecule has 1 aliphatic heterocycles. The number of rotatable bonds is 8. The van der Waals surface area contributed by atoms with Crippen molar-refractivity contribution in [1.29, 1.82) is 0 Å². The van der Waals surface area contributed by atoms with Crippen molar-refractivity contribution < 1.29 is 24.2 Å². The molecule has 5 atom stereocenters. The minimum atomic E-state index is -0.993. The lowest BCUT2D eigenvalue weighted by Gasteiger charge is -2.35. The van der Waals surface area contributed by atoms with Crippen molar-refractivity contribution in [3.63, 3.8) is 0 Å². The number of ether oxygens (including phenoxy) is 1. The Morgan fingerprint density at radius 3 is 2.36 bits per heavy atom. The predicted molar refractivity (Wildman–Crippen MR) is 186 cm³/mol.